The van der Waals surface area contributed by atoms with Gasteiger partial charge in [0.05, 0.1) is 0 Å². The Kier molecular flexibility index (Phi) is 6.13. The second-order valence-electron chi connectivity index (χ2n) is 11.5. The maximum atomic E-state index is 13.9. The van der Waals surface area contributed by atoms with Crippen LogP contribution in [0.2, 0.25) is 0 Å². The van der Waals surface area contributed by atoms with Gasteiger partial charge in [0.15, 0.2) is 0 Å². The third-order valence-corrected chi connectivity index (χ3v) is 9.80. The van der Waals surface area contributed by atoms with E-state index in [1.807, 2.05) is 12.3 Å². The minimum atomic E-state index is -5.07. The summed E-state index contributed by atoms with van der Waals surface area (Å²) in [4.78, 5) is 16.2. The zero-order valence-electron chi connectivity index (χ0n) is 20.7. The predicted octanol–water partition coefficient (Wildman–Crippen LogP) is 6.21. The molecule has 2 saturated carbocycles. The van der Waals surface area contributed by atoms with E-state index in [-0.39, 0.29) is 17.3 Å². The number of nitrogens with zero attached hydrogens (tertiary/aromatic N) is 1. The van der Waals surface area contributed by atoms with Gasteiger partial charge in [0.1, 0.15) is 12.7 Å². The summed E-state index contributed by atoms with van der Waals surface area (Å²) in [7, 11) is 0. The highest BCUT2D eigenvalue weighted by molar-refractivity contribution is 5.79. The van der Waals surface area contributed by atoms with Gasteiger partial charge in [-0.25, -0.2) is 4.79 Å². The minimum Gasteiger partial charge on any atom is -0.457 e. The van der Waals surface area contributed by atoms with Crippen LogP contribution >= 0.6 is 0 Å². The number of esters is 1. The van der Waals surface area contributed by atoms with Gasteiger partial charge < -0.3 is 9.84 Å². The number of aromatic nitrogens is 1. The van der Waals surface area contributed by atoms with Gasteiger partial charge in [0.2, 0.25) is 0 Å². The highest BCUT2D eigenvalue weighted by Crippen LogP contribution is 2.66. The van der Waals surface area contributed by atoms with E-state index in [0.29, 0.717) is 30.6 Å². The molecule has 3 unspecified atom stereocenters. The topological polar surface area (TPSA) is 59.4 Å². The molecular formula is C28H33F4NO3. The van der Waals surface area contributed by atoms with Gasteiger partial charge in [-0.1, -0.05) is 37.6 Å². The van der Waals surface area contributed by atoms with Crippen LogP contribution < -0.4 is 0 Å². The van der Waals surface area contributed by atoms with Crippen molar-refractivity contribution in [1.29, 1.82) is 0 Å². The number of rotatable bonds is 5. The standard InChI is InChI=1S/C28H33F4NO3/c1-25-11-9-19(36-24(35)28(31,32)27(29,30)16-34)14-18(25)5-6-20-22-8-7-21(17-4-3-13-33-15-17)26(22,2)12-10-23(20)25/h3-5,7,13,15,19-20,22-23,34H,6,8-12,14,16H2,1-2H3/t19-,20?,22?,23?,25-,26+/m0/s1. The molecule has 1 aromatic rings. The molecule has 0 bridgehead atoms. The van der Waals surface area contributed by atoms with Crippen LogP contribution in [0.25, 0.3) is 5.57 Å². The van der Waals surface area contributed by atoms with Crippen LogP contribution in [0.5, 0.6) is 0 Å². The molecule has 6 atom stereocenters. The Morgan fingerprint density at radius 3 is 2.56 bits per heavy atom. The summed E-state index contributed by atoms with van der Waals surface area (Å²) in [5.74, 6) is -10.7. The number of ether oxygens (including phenoxy) is 1. The number of aliphatic hydroxyl groups is 1. The smallest absolute Gasteiger partial charge is 0.406 e. The number of hydrogen-bond acceptors (Lipinski definition) is 4. The van der Waals surface area contributed by atoms with Gasteiger partial charge in [-0.05, 0) is 84.3 Å². The Hall–Kier alpha value is -2.22. The molecule has 5 rings (SSSR count). The molecule has 0 aliphatic heterocycles. The van der Waals surface area contributed by atoms with Gasteiger partial charge in [0, 0.05) is 18.8 Å². The summed E-state index contributed by atoms with van der Waals surface area (Å²) < 4.78 is 59.5. The predicted molar refractivity (Wildman–Crippen MR) is 126 cm³/mol. The quantitative estimate of drug-likeness (QED) is 0.292. The van der Waals surface area contributed by atoms with Crippen molar-refractivity contribution >= 4 is 11.5 Å². The third-order valence-electron chi connectivity index (χ3n) is 9.80. The fourth-order valence-corrected chi connectivity index (χ4v) is 7.74. The van der Waals surface area contributed by atoms with Gasteiger partial charge in [-0.3, -0.25) is 4.98 Å². The normalized spacial score (nSPS) is 36.2. The van der Waals surface area contributed by atoms with Gasteiger partial charge >= 0.3 is 17.8 Å². The number of fused-ring (bicyclic) bond motifs is 5. The average Bonchev–Trinajstić information content (AvgIpc) is 3.21. The van der Waals surface area contributed by atoms with Crippen LogP contribution in [0.1, 0.15) is 64.4 Å². The molecule has 0 saturated heterocycles. The maximum absolute atomic E-state index is 13.9. The molecule has 0 aromatic carbocycles. The van der Waals surface area contributed by atoms with Crippen LogP contribution in [0, 0.1) is 28.6 Å². The Labute approximate surface area is 208 Å². The molecule has 8 heteroatoms. The maximum Gasteiger partial charge on any atom is 0.406 e. The van der Waals surface area contributed by atoms with Crippen molar-refractivity contribution < 1.29 is 32.2 Å². The van der Waals surface area contributed by atoms with E-state index in [4.69, 9.17) is 9.84 Å². The first-order chi connectivity index (χ1) is 16.9. The number of alkyl halides is 4. The Morgan fingerprint density at radius 1 is 1.11 bits per heavy atom. The molecule has 0 radical (unpaired) electrons. The molecule has 4 aliphatic carbocycles. The first-order valence-electron chi connectivity index (χ1n) is 12.8. The van der Waals surface area contributed by atoms with Crippen LogP contribution in [0.4, 0.5) is 17.6 Å². The lowest BCUT2D eigenvalue weighted by atomic mass is 9.47. The zero-order valence-corrected chi connectivity index (χ0v) is 20.7. The van der Waals surface area contributed by atoms with Crippen molar-refractivity contribution in [2.24, 2.45) is 28.6 Å². The van der Waals surface area contributed by atoms with Crippen molar-refractivity contribution in [3.05, 3.63) is 47.8 Å². The summed E-state index contributed by atoms with van der Waals surface area (Å²) >= 11 is 0. The fourth-order valence-electron chi connectivity index (χ4n) is 7.74. The van der Waals surface area contributed by atoms with Gasteiger partial charge in [0.25, 0.3) is 0 Å². The summed E-state index contributed by atoms with van der Waals surface area (Å²) in [6.45, 7) is 2.48. The number of halogens is 4. The number of pyridine rings is 1. The van der Waals surface area contributed by atoms with Crippen LogP contribution in [0.15, 0.2) is 42.3 Å². The molecule has 4 aliphatic rings. The Morgan fingerprint density at radius 2 is 1.86 bits per heavy atom. The molecule has 4 nitrogen and oxygen atoms in total. The minimum absolute atomic E-state index is 0.0855. The SMILES string of the molecule is C[C@]12CC[C@H](OC(=O)C(F)(F)C(F)(F)CO)CC1=CCC1C2CC[C@]2(C)C(c3cccnc3)=CCC12. The lowest BCUT2D eigenvalue weighted by Gasteiger charge is -2.57. The number of allylic oxidation sites excluding steroid dienone is 3. The van der Waals surface area contributed by atoms with Gasteiger partial charge in [-0.2, -0.15) is 17.6 Å². The summed E-state index contributed by atoms with van der Waals surface area (Å²) in [5.41, 5.74) is 3.62. The summed E-state index contributed by atoms with van der Waals surface area (Å²) in [5, 5.41) is 8.59. The van der Waals surface area contributed by atoms with Crippen molar-refractivity contribution in [2.45, 2.75) is 76.7 Å². The van der Waals surface area contributed by atoms with Gasteiger partial charge in [-0.15, -0.1) is 0 Å². The molecule has 0 amide bonds. The van der Waals surface area contributed by atoms with E-state index in [2.05, 4.69) is 37.0 Å². The fraction of sp³-hybridized carbons (Fsp3) is 0.643. The number of carbonyl (C=O) groups is 1. The van der Waals surface area contributed by atoms with Crippen molar-refractivity contribution in [2.75, 3.05) is 6.61 Å². The van der Waals surface area contributed by atoms with E-state index >= 15 is 0 Å². The molecule has 0 spiro atoms. The highest BCUT2D eigenvalue weighted by Gasteiger charge is 2.64. The highest BCUT2D eigenvalue weighted by atomic mass is 19.3. The summed E-state index contributed by atoms with van der Waals surface area (Å²) in [6.07, 6.45) is 12.7. The lowest BCUT2D eigenvalue weighted by molar-refractivity contribution is -0.241. The van der Waals surface area contributed by atoms with E-state index in [0.717, 1.165) is 31.3 Å². The number of aliphatic hydroxyl groups excluding tert-OH is 1. The average molecular weight is 508 g/mol. The first-order valence-corrected chi connectivity index (χ1v) is 12.8. The molecule has 1 aromatic heterocycles. The van der Waals surface area contributed by atoms with E-state index < -0.39 is 30.5 Å². The first kappa shape index (κ1) is 25.4. The van der Waals surface area contributed by atoms with E-state index in [9.17, 15) is 22.4 Å². The lowest BCUT2D eigenvalue weighted by Crippen LogP contribution is -2.52. The monoisotopic (exact) mass is 507 g/mol. The van der Waals surface area contributed by atoms with E-state index in [1.54, 1.807) is 6.20 Å². The molecule has 2 fully saturated rings. The van der Waals surface area contributed by atoms with Crippen LogP contribution in [-0.4, -0.2) is 40.6 Å². The number of hydrogen-bond donors (Lipinski definition) is 1. The zero-order chi connectivity index (χ0) is 25.9. The molecule has 196 valence electrons. The second-order valence-corrected chi connectivity index (χ2v) is 11.5. The molecule has 1 N–H and O–H groups in total. The molecular weight excluding hydrogens is 474 g/mol. The second kappa shape index (κ2) is 8.67. The van der Waals surface area contributed by atoms with E-state index in [1.165, 1.54) is 11.1 Å². The number of carbonyl (C=O) groups excluding carboxylic acids is 1. The Bertz CT molecular complexity index is 1090. The van der Waals surface area contributed by atoms with Crippen molar-refractivity contribution in [3.8, 4) is 0 Å². The molecule has 1 heterocycles. The largest absolute Gasteiger partial charge is 0.457 e. The van der Waals surface area contributed by atoms with Crippen LogP contribution in [0.3, 0.4) is 0 Å². The van der Waals surface area contributed by atoms with Crippen molar-refractivity contribution in [1.82, 2.24) is 4.98 Å². The third kappa shape index (κ3) is 3.74. The Balaban J connectivity index is 1.32. The summed E-state index contributed by atoms with van der Waals surface area (Å²) in [6, 6.07) is 4.10. The van der Waals surface area contributed by atoms with Crippen molar-refractivity contribution in [3.63, 3.8) is 0 Å². The van der Waals surface area contributed by atoms with Crippen LogP contribution in [-0.2, 0) is 9.53 Å². The molecule has 36 heavy (non-hydrogen) atoms.